The van der Waals surface area contributed by atoms with Crippen LogP contribution in [0.15, 0.2) is 59.7 Å². The molecular formula is C26H29LiN2O4S2. The van der Waals surface area contributed by atoms with Crippen LogP contribution < -0.4 is 24.2 Å². The minimum Gasteiger partial charge on any atom is -1.00 e. The first kappa shape index (κ1) is 28.9. The Hall–Kier alpha value is -2.34. The number of carbonyl (C=O) groups is 2. The number of aliphatic hydroxyl groups is 1. The Kier molecular flexibility index (Phi) is 11.8. The molecule has 3 rings (SSSR count). The van der Waals surface area contributed by atoms with Gasteiger partial charge in [-0.1, -0.05) is 36.4 Å². The molecule has 0 aliphatic carbocycles. The van der Waals surface area contributed by atoms with E-state index in [2.05, 4.69) is 10.3 Å². The zero-order valence-electron chi connectivity index (χ0n) is 21.2. The summed E-state index contributed by atoms with van der Waals surface area (Å²) in [4.78, 5) is 29.9. The van der Waals surface area contributed by atoms with Crippen molar-refractivity contribution in [3.63, 3.8) is 0 Å². The number of aliphatic hydroxyl groups excluding tert-OH is 1. The molecule has 0 saturated carbocycles. The van der Waals surface area contributed by atoms with Crippen molar-refractivity contribution in [1.29, 1.82) is 0 Å². The number of aliphatic carboxylic acids is 1. The molecule has 0 saturated heterocycles. The molecule has 35 heavy (non-hydrogen) atoms. The Morgan fingerprint density at radius 3 is 2.63 bits per heavy atom. The molecule has 0 spiro atoms. The fourth-order valence-electron chi connectivity index (χ4n) is 3.64. The van der Waals surface area contributed by atoms with E-state index in [1.54, 1.807) is 17.8 Å². The minimum absolute atomic E-state index is 0. The maximum absolute atomic E-state index is 13.2. The average molecular weight is 505 g/mol. The maximum Gasteiger partial charge on any atom is 1.00 e. The van der Waals surface area contributed by atoms with Crippen LogP contribution in [0.1, 0.15) is 34.2 Å². The van der Waals surface area contributed by atoms with Gasteiger partial charge in [-0.3, -0.25) is 9.78 Å². The zero-order chi connectivity index (χ0) is 24.5. The largest absolute Gasteiger partial charge is 1.00 e. The number of amides is 1. The number of hydrogen-bond acceptors (Lipinski definition) is 6. The summed E-state index contributed by atoms with van der Waals surface area (Å²) in [6.45, 7) is 1.89. The molecule has 0 bridgehead atoms. The van der Waals surface area contributed by atoms with Crippen LogP contribution in [0.25, 0.3) is 17.2 Å². The molecule has 1 heterocycles. The van der Waals surface area contributed by atoms with Gasteiger partial charge in [0, 0.05) is 16.6 Å². The van der Waals surface area contributed by atoms with E-state index >= 15 is 0 Å². The van der Waals surface area contributed by atoms with Crippen LogP contribution in [0.4, 0.5) is 0 Å². The van der Waals surface area contributed by atoms with Crippen LogP contribution in [-0.4, -0.2) is 51.7 Å². The number of thioether (sulfide) groups is 1. The van der Waals surface area contributed by atoms with Crippen LogP contribution >= 0.6 is 23.1 Å². The van der Waals surface area contributed by atoms with Crippen LogP contribution in [0, 0.1) is 6.92 Å². The molecule has 6 nitrogen and oxygen atoms in total. The van der Waals surface area contributed by atoms with E-state index in [9.17, 15) is 19.8 Å². The third-order valence-electron chi connectivity index (χ3n) is 5.41. The summed E-state index contributed by atoms with van der Waals surface area (Å²) in [6.07, 6.45) is 6.44. The molecule has 180 valence electrons. The van der Waals surface area contributed by atoms with Crippen molar-refractivity contribution < 1.29 is 40.1 Å². The maximum atomic E-state index is 13.2. The molecule has 0 aliphatic rings. The number of carbonyl (C=O) groups excluding carboxylic acids is 1. The van der Waals surface area contributed by atoms with Crippen molar-refractivity contribution in [2.24, 2.45) is 0 Å². The second kappa shape index (κ2) is 14.3. The molecule has 0 fully saturated rings. The van der Waals surface area contributed by atoms with E-state index in [0.717, 1.165) is 32.7 Å². The fourth-order valence-corrected chi connectivity index (χ4v) is 4.71. The van der Waals surface area contributed by atoms with Crippen LogP contribution in [0.2, 0.25) is 0 Å². The van der Waals surface area contributed by atoms with E-state index in [1.807, 2.05) is 55.7 Å². The van der Waals surface area contributed by atoms with E-state index < -0.39 is 17.9 Å². The summed E-state index contributed by atoms with van der Waals surface area (Å²) in [5, 5.41) is 22.1. The summed E-state index contributed by atoms with van der Waals surface area (Å²) in [6, 6.07) is 12.4. The smallest absolute Gasteiger partial charge is 1.00 e. The van der Waals surface area contributed by atoms with Crippen molar-refractivity contribution in [3.8, 4) is 11.1 Å². The van der Waals surface area contributed by atoms with Gasteiger partial charge in [-0.15, -0.1) is 11.3 Å². The van der Waals surface area contributed by atoms with E-state index in [1.165, 1.54) is 23.1 Å². The minimum atomic E-state index is -1.04. The first-order valence-electron chi connectivity index (χ1n) is 10.8. The monoisotopic (exact) mass is 504 g/mol. The molecular weight excluding hydrogens is 475 g/mol. The number of carboxylic acids is 1. The Labute approximate surface area is 227 Å². The molecule has 1 aromatic heterocycles. The van der Waals surface area contributed by atoms with Gasteiger partial charge in [0.1, 0.15) is 6.04 Å². The summed E-state index contributed by atoms with van der Waals surface area (Å²) in [7, 11) is 0. The number of hydrogen-bond donors (Lipinski definition) is 3. The Morgan fingerprint density at radius 1 is 1.23 bits per heavy atom. The summed E-state index contributed by atoms with van der Waals surface area (Å²) >= 11 is 3.04. The SMILES string of the molecule is CSCCC(NC(=O)c1ccc(CC(=Cc2cncs2)CO)cc1-c1ccccc1C)C(=O)O.[H-].[Li+]. The predicted octanol–water partition coefficient (Wildman–Crippen LogP) is 1.79. The zero-order valence-corrected chi connectivity index (χ0v) is 21.8. The number of thiazole rings is 1. The van der Waals surface area contributed by atoms with Crippen molar-refractivity contribution in [2.75, 3.05) is 18.6 Å². The molecule has 0 radical (unpaired) electrons. The molecule has 3 N–H and O–H groups in total. The number of nitrogens with one attached hydrogen (secondary N) is 1. The first-order chi connectivity index (χ1) is 16.4. The molecule has 2 aromatic carbocycles. The second-order valence-electron chi connectivity index (χ2n) is 7.88. The van der Waals surface area contributed by atoms with Gasteiger partial charge in [-0.25, -0.2) is 4.79 Å². The van der Waals surface area contributed by atoms with Crippen molar-refractivity contribution in [3.05, 3.63) is 81.3 Å². The van der Waals surface area contributed by atoms with E-state index in [-0.39, 0.29) is 26.9 Å². The van der Waals surface area contributed by atoms with Crippen LogP contribution in [0.3, 0.4) is 0 Å². The molecule has 3 aromatic rings. The van der Waals surface area contributed by atoms with Gasteiger partial charge in [0.15, 0.2) is 0 Å². The Morgan fingerprint density at radius 2 is 2.00 bits per heavy atom. The molecule has 9 heteroatoms. The summed E-state index contributed by atoms with van der Waals surface area (Å²) in [5.74, 6) is -0.824. The molecule has 1 atom stereocenters. The molecule has 0 aliphatic heterocycles. The second-order valence-corrected chi connectivity index (χ2v) is 9.79. The first-order valence-corrected chi connectivity index (χ1v) is 13.1. The number of rotatable bonds is 11. The number of aromatic nitrogens is 1. The molecule has 1 amide bonds. The summed E-state index contributed by atoms with van der Waals surface area (Å²) < 4.78 is 0. The standard InChI is InChI=1S/C26H28N2O4S2.Li.H/c1-17-5-3-4-6-21(17)23-13-18(11-19(15-29)12-20-14-27-16-34-20)7-8-22(23)25(30)28-24(26(31)32)9-10-33-2;;/h3-8,12-14,16,24,29H,9-11,15H2,1-2H3,(H,28,30)(H,31,32);;/q;+1;-1. The molecule has 1 unspecified atom stereocenters. The normalized spacial score (nSPS) is 12.0. The number of carboxylic acid groups (broad SMARTS) is 1. The van der Waals surface area contributed by atoms with Crippen LogP contribution in [0.5, 0.6) is 0 Å². The fraction of sp³-hybridized carbons (Fsp3) is 0.269. The Balaban J connectivity index is 0.00000324. The average Bonchev–Trinajstić information content (AvgIpc) is 3.34. The van der Waals surface area contributed by atoms with Crippen LogP contribution in [-0.2, 0) is 11.2 Å². The number of nitrogens with zero attached hydrogens (tertiary/aromatic N) is 1. The van der Waals surface area contributed by atoms with Gasteiger partial charge >= 0.3 is 24.8 Å². The van der Waals surface area contributed by atoms with Crippen molar-refractivity contribution in [1.82, 2.24) is 10.3 Å². The third kappa shape index (κ3) is 8.09. The quantitative estimate of drug-likeness (QED) is 0.345. The van der Waals surface area contributed by atoms with Gasteiger partial charge in [0.05, 0.1) is 12.1 Å². The van der Waals surface area contributed by atoms with Gasteiger partial charge in [-0.05, 0) is 71.7 Å². The van der Waals surface area contributed by atoms with E-state index in [4.69, 9.17) is 0 Å². The van der Waals surface area contributed by atoms with Gasteiger partial charge < -0.3 is 17.0 Å². The van der Waals surface area contributed by atoms with E-state index in [0.29, 0.717) is 24.2 Å². The summed E-state index contributed by atoms with van der Waals surface area (Å²) in [5.41, 5.74) is 6.59. The van der Waals surface area contributed by atoms with Gasteiger partial charge in [0.25, 0.3) is 5.91 Å². The van der Waals surface area contributed by atoms with Crippen molar-refractivity contribution in [2.45, 2.75) is 25.8 Å². The predicted molar refractivity (Wildman–Crippen MR) is 140 cm³/mol. The topological polar surface area (TPSA) is 99.5 Å². The van der Waals surface area contributed by atoms with Crippen molar-refractivity contribution >= 4 is 41.1 Å². The number of aryl methyl sites for hydroxylation is 1. The Bertz CT molecular complexity index is 1170. The third-order valence-corrected chi connectivity index (χ3v) is 6.78. The number of benzene rings is 2. The van der Waals surface area contributed by atoms with Gasteiger partial charge in [0.2, 0.25) is 0 Å². The van der Waals surface area contributed by atoms with Gasteiger partial charge in [-0.2, -0.15) is 11.8 Å².